The van der Waals surface area contributed by atoms with E-state index in [0.29, 0.717) is 11.1 Å². The second-order valence-electron chi connectivity index (χ2n) is 7.63. The molecule has 0 aliphatic carbocycles. The lowest BCUT2D eigenvalue weighted by atomic mass is 10.0. The first kappa shape index (κ1) is 25.3. The molecule has 2 aliphatic rings. The number of hydrogen-bond donors (Lipinski definition) is 6. The summed E-state index contributed by atoms with van der Waals surface area (Å²) in [5.41, 5.74) is 11.3. The Morgan fingerprint density at radius 1 is 1.33 bits per heavy atom. The molecule has 3 heterocycles. The summed E-state index contributed by atoms with van der Waals surface area (Å²) in [6, 6.07) is 3.49. The molecule has 190 valence electrons. The average molecular weight is 536 g/mol. The fourth-order valence-corrected chi connectivity index (χ4v) is 6.13. The number of carboxylic acids is 1. The normalized spacial score (nSPS) is 18.9. The lowest BCUT2D eigenvalue weighted by Crippen LogP contribution is -2.70. The standard InChI is InChI=1S/C20H21N7O7S2/c21-7-34-11-3-8(1-2-10(11)28)4-12(29)23-14-18(31)27-15(20(32)33)9(6-36-19(14)27)5-35-17-13(16(22)30)24-26-25-17/h1-3,14,19,28H,4-7,21H2,(H2,22,30)(H,23,29)(H,32,33)(H,24,25,26)/t14?,19-/m0/s1. The number of aromatic amines is 1. The zero-order valence-corrected chi connectivity index (χ0v) is 20.1. The minimum absolute atomic E-state index is 0.0584. The molecule has 0 spiro atoms. The number of aliphatic carboxylic acids is 1. The predicted octanol–water partition coefficient (Wildman–Crippen LogP) is -1.02. The number of nitrogens with two attached hydrogens (primary N) is 2. The molecule has 14 nitrogen and oxygen atoms in total. The highest BCUT2D eigenvalue weighted by atomic mass is 32.2. The Hall–Kier alpha value is -3.76. The van der Waals surface area contributed by atoms with Crippen molar-refractivity contribution in [2.24, 2.45) is 11.5 Å². The number of β-lactam (4-membered cyclic amide) rings is 1. The number of rotatable bonds is 10. The van der Waals surface area contributed by atoms with Crippen LogP contribution in [0.25, 0.3) is 0 Å². The molecule has 4 rings (SSSR count). The van der Waals surface area contributed by atoms with E-state index in [4.69, 9.17) is 16.2 Å². The number of nitrogens with zero attached hydrogens (tertiary/aromatic N) is 3. The van der Waals surface area contributed by atoms with Crippen molar-refractivity contribution in [1.82, 2.24) is 25.6 Å². The highest BCUT2D eigenvalue weighted by Gasteiger charge is 2.54. The van der Waals surface area contributed by atoms with Crippen molar-refractivity contribution in [1.29, 1.82) is 0 Å². The van der Waals surface area contributed by atoms with Gasteiger partial charge in [-0.25, -0.2) is 4.79 Å². The number of amides is 3. The zero-order valence-electron chi connectivity index (χ0n) is 18.5. The highest BCUT2D eigenvalue weighted by molar-refractivity contribution is 8.01. The number of thioether (sulfide) groups is 2. The second-order valence-corrected chi connectivity index (χ2v) is 9.70. The summed E-state index contributed by atoms with van der Waals surface area (Å²) in [6.07, 6.45) is -0.0915. The van der Waals surface area contributed by atoms with E-state index >= 15 is 0 Å². The van der Waals surface area contributed by atoms with Crippen molar-refractivity contribution in [3.8, 4) is 11.5 Å². The summed E-state index contributed by atoms with van der Waals surface area (Å²) in [6.45, 7) is -0.153. The molecule has 2 aliphatic heterocycles. The third kappa shape index (κ3) is 4.95. The Morgan fingerprint density at radius 2 is 2.11 bits per heavy atom. The molecular formula is C20H21N7O7S2. The summed E-state index contributed by atoms with van der Waals surface area (Å²) in [5.74, 6) is -2.61. The smallest absolute Gasteiger partial charge is 0.352 e. The van der Waals surface area contributed by atoms with Gasteiger partial charge in [0, 0.05) is 11.5 Å². The number of fused-ring (bicyclic) bond motifs is 1. The van der Waals surface area contributed by atoms with Gasteiger partial charge in [0.05, 0.1) is 6.42 Å². The van der Waals surface area contributed by atoms with Crippen LogP contribution in [0.1, 0.15) is 16.1 Å². The van der Waals surface area contributed by atoms with Crippen molar-refractivity contribution in [2.75, 3.05) is 18.2 Å². The zero-order chi connectivity index (χ0) is 26.0. The summed E-state index contributed by atoms with van der Waals surface area (Å²) in [5, 5.41) is 31.7. The quantitative estimate of drug-likeness (QED) is 0.122. The first-order valence-corrected chi connectivity index (χ1v) is 12.4. The SMILES string of the molecule is NCOc1cc(CC(=O)NC2C(=O)N3C(C(=O)O)=C(CSc4n[nH]nc4C(N)=O)CS[C@@H]23)ccc1O. The van der Waals surface area contributed by atoms with Gasteiger partial charge in [-0.15, -0.1) is 22.0 Å². The number of H-pyrrole nitrogens is 1. The van der Waals surface area contributed by atoms with Crippen LogP contribution in [0.4, 0.5) is 0 Å². The van der Waals surface area contributed by atoms with E-state index in [0.717, 1.165) is 16.7 Å². The molecule has 2 atom stereocenters. The summed E-state index contributed by atoms with van der Waals surface area (Å²) in [4.78, 5) is 50.0. The van der Waals surface area contributed by atoms with Crippen LogP contribution >= 0.6 is 23.5 Å². The topological polar surface area (TPSA) is 227 Å². The van der Waals surface area contributed by atoms with Crippen LogP contribution in [0.2, 0.25) is 0 Å². The average Bonchev–Trinajstić information content (AvgIpc) is 3.32. The fraction of sp³-hybridized carbons (Fsp3) is 0.300. The first-order chi connectivity index (χ1) is 17.2. The van der Waals surface area contributed by atoms with Crippen molar-refractivity contribution in [3.05, 3.63) is 40.7 Å². The Balaban J connectivity index is 1.42. The van der Waals surface area contributed by atoms with E-state index in [2.05, 4.69) is 20.7 Å². The number of carboxylic acid groups (broad SMARTS) is 1. The van der Waals surface area contributed by atoms with Gasteiger partial charge in [-0.2, -0.15) is 5.21 Å². The second kappa shape index (κ2) is 10.5. The molecule has 36 heavy (non-hydrogen) atoms. The molecule has 0 bridgehead atoms. The number of ether oxygens (including phenoxy) is 1. The number of aromatic nitrogens is 3. The summed E-state index contributed by atoms with van der Waals surface area (Å²) >= 11 is 2.39. The lowest BCUT2D eigenvalue weighted by molar-refractivity contribution is -0.150. The van der Waals surface area contributed by atoms with Crippen molar-refractivity contribution in [2.45, 2.75) is 22.9 Å². The molecule has 1 aromatic carbocycles. The van der Waals surface area contributed by atoms with Crippen molar-refractivity contribution < 1.29 is 34.1 Å². The number of aromatic hydroxyl groups is 1. The molecule has 3 amide bonds. The monoisotopic (exact) mass is 535 g/mol. The Labute approximate surface area is 211 Å². The number of primary amides is 1. The third-order valence-corrected chi connectivity index (χ3v) is 7.72. The van der Waals surface area contributed by atoms with Gasteiger partial charge in [0.25, 0.3) is 11.8 Å². The highest BCUT2D eigenvalue weighted by Crippen LogP contribution is 2.41. The molecule has 8 N–H and O–H groups in total. The van der Waals surface area contributed by atoms with Crippen LogP contribution in [0.5, 0.6) is 11.5 Å². The lowest BCUT2D eigenvalue weighted by Gasteiger charge is -2.49. The van der Waals surface area contributed by atoms with Crippen LogP contribution in [0, 0.1) is 0 Å². The molecule has 1 unspecified atom stereocenters. The van der Waals surface area contributed by atoms with Gasteiger partial charge in [0.1, 0.15) is 23.8 Å². The third-order valence-electron chi connectivity index (χ3n) is 5.33. The van der Waals surface area contributed by atoms with Gasteiger partial charge in [0.15, 0.2) is 22.2 Å². The minimum atomic E-state index is -1.28. The molecule has 0 saturated carbocycles. The molecule has 1 aromatic heterocycles. The predicted molar refractivity (Wildman–Crippen MR) is 127 cm³/mol. The van der Waals surface area contributed by atoms with E-state index < -0.39 is 35.1 Å². The Bertz CT molecular complexity index is 1260. The summed E-state index contributed by atoms with van der Waals surface area (Å²) < 4.78 is 5.10. The minimum Gasteiger partial charge on any atom is -0.504 e. The van der Waals surface area contributed by atoms with Gasteiger partial charge >= 0.3 is 5.97 Å². The van der Waals surface area contributed by atoms with Gasteiger partial charge in [0.2, 0.25) is 5.91 Å². The Morgan fingerprint density at radius 3 is 2.81 bits per heavy atom. The molecule has 1 fully saturated rings. The largest absolute Gasteiger partial charge is 0.504 e. The van der Waals surface area contributed by atoms with E-state index in [-0.39, 0.29) is 52.6 Å². The maximum Gasteiger partial charge on any atom is 0.352 e. The number of phenols is 1. The van der Waals surface area contributed by atoms with Crippen LogP contribution in [-0.4, -0.2) is 83.9 Å². The number of nitrogens with one attached hydrogen (secondary N) is 2. The van der Waals surface area contributed by atoms with Gasteiger partial charge in [-0.3, -0.25) is 25.0 Å². The van der Waals surface area contributed by atoms with Crippen molar-refractivity contribution >= 4 is 47.2 Å². The van der Waals surface area contributed by atoms with Crippen molar-refractivity contribution in [3.63, 3.8) is 0 Å². The van der Waals surface area contributed by atoms with Gasteiger partial charge < -0.3 is 26.0 Å². The van der Waals surface area contributed by atoms with E-state index in [9.17, 15) is 29.4 Å². The molecular weight excluding hydrogens is 514 g/mol. The number of hydrogen-bond acceptors (Lipinski definition) is 11. The molecule has 16 heteroatoms. The molecule has 1 saturated heterocycles. The number of carbonyl (C=O) groups is 4. The van der Waals surface area contributed by atoms with Crippen LogP contribution < -0.4 is 21.5 Å². The molecule has 0 radical (unpaired) electrons. The maximum absolute atomic E-state index is 12.8. The maximum atomic E-state index is 12.8. The number of carbonyl (C=O) groups excluding carboxylic acids is 3. The van der Waals surface area contributed by atoms with E-state index in [1.807, 2.05) is 0 Å². The van der Waals surface area contributed by atoms with E-state index in [1.54, 1.807) is 0 Å². The number of phenolic OH excluding ortho intramolecular Hbond substituents is 1. The Kier molecular flexibility index (Phi) is 7.37. The van der Waals surface area contributed by atoms with E-state index in [1.165, 1.54) is 30.0 Å². The van der Waals surface area contributed by atoms with Crippen LogP contribution in [0.3, 0.4) is 0 Å². The number of benzene rings is 1. The van der Waals surface area contributed by atoms with Gasteiger partial charge in [-0.05, 0) is 23.3 Å². The summed E-state index contributed by atoms with van der Waals surface area (Å²) in [7, 11) is 0. The fourth-order valence-electron chi connectivity index (χ4n) is 3.72. The first-order valence-electron chi connectivity index (χ1n) is 10.4. The molecule has 2 aromatic rings. The van der Waals surface area contributed by atoms with Crippen LogP contribution in [0.15, 0.2) is 34.5 Å². The van der Waals surface area contributed by atoms with Crippen LogP contribution in [-0.2, 0) is 20.8 Å². The van der Waals surface area contributed by atoms with Gasteiger partial charge in [-0.1, -0.05) is 17.8 Å².